The average Bonchev–Trinajstić information content (AvgIpc) is 2.28. The lowest BCUT2D eigenvalue weighted by molar-refractivity contribution is 0.0696. The summed E-state index contributed by atoms with van der Waals surface area (Å²) in [5.74, 6) is 0.898. The molecular formula is C12H15NO3. The maximum absolute atomic E-state index is 10.6. The number of hydrogen-bond acceptors (Lipinski definition) is 3. The third kappa shape index (κ3) is 2.32. The number of carboxylic acid groups (broad SMARTS) is 1. The van der Waals surface area contributed by atoms with Crippen LogP contribution in [-0.2, 0) is 0 Å². The summed E-state index contributed by atoms with van der Waals surface area (Å²) in [5, 5.41) is 8.69. The molecule has 1 aliphatic rings. The standard InChI is InChI=1S/C12H15NO3/c1-8-2-3-10(8)7-16-11-5-4-9(6-13-11)12(14)15/h4-6,8,10H,2-3,7H2,1H3,(H,14,15)/t8-,10-/m1/s1. The van der Waals surface area contributed by atoms with E-state index in [1.54, 1.807) is 6.07 Å². The van der Waals surface area contributed by atoms with Gasteiger partial charge in [0.2, 0.25) is 5.88 Å². The van der Waals surface area contributed by atoms with Gasteiger partial charge in [-0.3, -0.25) is 0 Å². The number of carbonyl (C=O) groups is 1. The molecule has 16 heavy (non-hydrogen) atoms. The fourth-order valence-electron chi connectivity index (χ4n) is 1.77. The summed E-state index contributed by atoms with van der Waals surface area (Å²) in [7, 11) is 0. The Bertz CT molecular complexity index is 374. The SMILES string of the molecule is C[C@@H]1CC[C@@H]1COc1ccc(C(=O)O)cn1. The molecule has 0 aromatic carbocycles. The lowest BCUT2D eigenvalue weighted by Gasteiger charge is -2.33. The van der Waals surface area contributed by atoms with Gasteiger partial charge < -0.3 is 9.84 Å². The molecule has 0 amide bonds. The number of aromatic nitrogens is 1. The van der Waals surface area contributed by atoms with Crippen LogP contribution in [0.4, 0.5) is 0 Å². The lowest BCUT2D eigenvalue weighted by Crippen LogP contribution is -2.28. The van der Waals surface area contributed by atoms with Crippen molar-refractivity contribution < 1.29 is 14.6 Å². The number of ether oxygens (including phenoxy) is 1. The molecule has 1 aromatic rings. The van der Waals surface area contributed by atoms with Crippen LogP contribution in [0.15, 0.2) is 18.3 Å². The van der Waals surface area contributed by atoms with Crippen LogP contribution < -0.4 is 4.74 Å². The monoisotopic (exact) mass is 221 g/mol. The normalized spacial score (nSPS) is 23.6. The number of rotatable bonds is 4. The fraction of sp³-hybridized carbons (Fsp3) is 0.500. The summed E-state index contributed by atoms with van der Waals surface area (Å²) in [6.45, 7) is 2.90. The van der Waals surface area contributed by atoms with Crippen LogP contribution in [0.2, 0.25) is 0 Å². The van der Waals surface area contributed by atoms with E-state index in [1.807, 2.05) is 0 Å². The maximum Gasteiger partial charge on any atom is 0.337 e. The molecule has 4 heteroatoms. The zero-order valence-electron chi connectivity index (χ0n) is 9.22. The molecule has 2 rings (SSSR count). The molecule has 1 fully saturated rings. The Balaban J connectivity index is 1.87. The third-order valence-electron chi connectivity index (χ3n) is 3.23. The second-order valence-electron chi connectivity index (χ2n) is 4.32. The van der Waals surface area contributed by atoms with Crippen LogP contribution in [0, 0.1) is 11.8 Å². The maximum atomic E-state index is 10.6. The van der Waals surface area contributed by atoms with Crippen molar-refractivity contribution in [2.24, 2.45) is 11.8 Å². The first-order chi connectivity index (χ1) is 7.66. The number of carboxylic acids is 1. The highest BCUT2D eigenvalue weighted by Gasteiger charge is 2.27. The largest absolute Gasteiger partial charge is 0.478 e. The van der Waals surface area contributed by atoms with Gasteiger partial charge in [-0.15, -0.1) is 0 Å². The van der Waals surface area contributed by atoms with Crippen molar-refractivity contribution >= 4 is 5.97 Å². The van der Waals surface area contributed by atoms with E-state index < -0.39 is 5.97 Å². The van der Waals surface area contributed by atoms with Gasteiger partial charge in [0.15, 0.2) is 0 Å². The van der Waals surface area contributed by atoms with Crippen molar-refractivity contribution in [3.05, 3.63) is 23.9 Å². The molecule has 0 aliphatic heterocycles. The Morgan fingerprint density at radius 1 is 1.56 bits per heavy atom. The Kier molecular flexibility index (Phi) is 3.08. The zero-order chi connectivity index (χ0) is 11.5. The van der Waals surface area contributed by atoms with Gasteiger partial charge in [0.1, 0.15) is 0 Å². The molecular weight excluding hydrogens is 206 g/mol. The first-order valence-corrected chi connectivity index (χ1v) is 5.49. The molecule has 0 unspecified atom stereocenters. The fourth-order valence-corrected chi connectivity index (χ4v) is 1.77. The predicted octanol–water partition coefficient (Wildman–Crippen LogP) is 2.20. The van der Waals surface area contributed by atoms with E-state index in [9.17, 15) is 4.79 Å². The van der Waals surface area contributed by atoms with Gasteiger partial charge in [0.25, 0.3) is 0 Å². The van der Waals surface area contributed by atoms with Crippen molar-refractivity contribution in [1.29, 1.82) is 0 Å². The van der Waals surface area contributed by atoms with Crippen molar-refractivity contribution in [2.75, 3.05) is 6.61 Å². The van der Waals surface area contributed by atoms with E-state index in [0.29, 0.717) is 18.4 Å². The summed E-state index contributed by atoms with van der Waals surface area (Å²) >= 11 is 0. The smallest absolute Gasteiger partial charge is 0.337 e. The van der Waals surface area contributed by atoms with E-state index in [0.717, 1.165) is 5.92 Å². The van der Waals surface area contributed by atoms with E-state index in [1.165, 1.54) is 25.1 Å². The molecule has 0 radical (unpaired) electrons. The Labute approximate surface area is 94.3 Å². The topological polar surface area (TPSA) is 59.4 Å². The highest BCUT2D eigenvalue weighted by atomic mass is 16.5. The minimum Gasteiger partial charge on any atom is -0.478 e. The molecule has 1 heterocycles. The molecule has 0 spiro atoms. The molecule has 1 saturated carbocycles. The van der Waals surface area contributed by atoms with E-state index in [2.05, 4.69) is 11.9 Å². The molecule has 1 N–H and O–H groups in total. The van der Waals surface area contributed by atoms with Crippen molar-refractivity contribution in [3.63, 3.8) is 0 Å². The summed E-state index contributed by atoms with van der Waals surface area (Å²) in [5.41, 5.74) is 0.185. The minimum atomic E-state index is -0.966. The van der Waals surface area contributed by atoms with Crippen molar-refractivity contribution in [1.82, 2.24) is 4.98 Å². The number of pyridine rings is 1. The van der Waals surface area contributed by atoms with Gasteiger partial charge in [-0.2, -0.15) is 0 Å². The van der Waals surface area contributed by atoms with Crippen molar-refractivity contribution in [2.45, 2.75) is 19.8 Å². The first kappa shape index (κ1) is 10.9. The summed E-state index contributed by atoms with van der Waals surface area (Å²) < 4.78 is 5.51. The number of aromatic carboxylic acids is 1. The summed E-state index contributed by atoms with van der Waals surface area (Å²) in [6.07, 6.45) is 3.82. The molecule has 0 bridgehead atoms. The highest BCUT2D eigenvalue weighted by Crippen LogP contribution is 2.33. The number of nitrogens with zero attached hydrogens (tertiary/aromatic N) is 1. The molecule has 0 saturated heterocycles. The van der Waals surface area contributed by atoms with E-state index >= 15 is 0 Å². The first-order valence-electron chi connectivity index (χ1n) is 5.49. The quantitative estimate of drug-likeness (QED) is 0.846. The zero-order valence-corrected chi connectivity index (χ0v) is 9.22. The minimum absolute atomic E-state index is 0.185. The van der Waals surface area contributed by atoms with Crippen LogP contribution in [0.1, 0.15) is 30.1 Å². The second kappa shape index (κ2) is 4.51. The Hall–Kier alpha value is -1.58. The van der Waals surface area contributed by atoms with E-state index in [4.69, 9.17) is 9.84 Å². The molecule has 2 atom stereocenters. The average molecular weight is 221 g/mol. The Morgan fingerprint density at radius 3 is 2.81 bits per heavy atom. The molecule has 1 aliphatic carbocycles. The van der Waals surface area contributed by atoms with Gasteiger partial charge in [-0.1, -0.05) is 6.92 Å². The Morgan fingerprint density at radius 2 is 2.38 bits per heavy atom. The third-order valence-corrected chi connectivity index (χ3v) is 3.23. The molecule has 4 nitrogen and oxygen atoms in total. The summed E-state index contributed by atoms with van der Waals surface area (Å²) in [6, 6.07) is 3.11. The van der Waals surface area contributed by atoms with Crippen LogP contribution in [0.25, 0.3) is 0 Å². The van der Waals surface area contributed by atoms with Crippen LogP contribution in [-0.4, -0.2) is 22.7 Å². The van der Waals surface area contributed by atoms with Gasteiger partial charge in [0, 0.05) is 12.3 Å². The second-order valence-corrected chi connectivity index (χ2v) is 4.32. The lowest BCUT2D eigenvalue weighted by atomic mass is 9.75. The van der Waals surface area contributed by atoms with E-state index in [-0.39, 0.29) is 5.56 Å². The van der Waals surface area contributed by atoms with Crippen molar-refractivity contribution in [3.8, 4) is 5.88 Å². The van der Waals surface area contributed by atoms with Crippen LogP contribution >= 0.6 is 0 Å². The molecule has 1 aromatic heterocycles. The van der Waals surface area contributed by atoms with Gasteiger partial charge in [-0.05, 0) is 30.7 Å². The number of hydrogen-bond donors (Lipinski definition) is 1. The predicted molar refractivity (Wildman–Crippen MR) is 58.6 cm³/mol. The molecule has 86 valence electrons. The van der Waals surface area contributed by atoms with Gasteiger partial charge in [0.05, 0.1) is 12.2 Å². The van der Waals surface area contributed by atoms with Crippen LogP contribution in [0.5, 0.6) is 5.88 Å². The summed E-state index contributed by atoms with van der Waals surface area (Å²) in [4.78, 5) is 14.5. The van der Waals surface area contributed by atoms with Gasteiger partial charge in [-0.25, -0.2) is 9.78 Å². The van der Waals surface area contributed by atoms with Gasteiger partial charge >= 0.3 is 5.97 Å². The van der Waals surface area contributed by atoms with Crippen LogP contribution in [0.3, 0.4) is 0 Å². The highest BCUT2D eigenvalue weighted by molar-refractivity contribution is 5.87.